The number of halogens is 1. The van der Waals surface area contributed by atoms with E-state index in [1.165, 1.54) is 19.3 Å². The van der Waals surface area contributed by atoms with E-state index < -0.39 is 21.9 Å². The molecule has 2 aromatic rings. The van der Waals surface area contributed by atoms with Gasteiger partial charge in [-0.25, -0.2) is 17.8 Å². The zero-order valence-corrected chi connectivity index (χ0v) is 12.3. The molecule has 7 heteroatoms. The minimum Gasteiger partial charge on any atom is -0.332 e. The van der Waals surface area contributed by atoms with E-state index in [4.69, 9.17) is 0 Å². The van der Waals surface area contributed by atoms with Gasteiger partial charge in [-0.2, -0.15) is 4.31 Å². The lowest BCUT2D eigenvalue weighted by Gasteiger charge is -2.24. The Balaban J connectivity index is 2.36. The average Bonchev–Trinajstić information content (AvgIpc) is 2.85. The van der Waals surface area contributed by atoms with Gasteiger partial charge in [0.05, 0.1) is 6.20 Å². The number of aromatic nitrogens is 2. The van der Waals surface area contributed by atoms with Crippen molar-refractivity contribution in [2.45, 2.75) is 24.9 Å². The molecule has 1 atom stereocenters. The molecule has 20 heavy (non-hydrogen) atoms. The van der Waals surface area contributed by atoms with E-state index in [2.05, 4.69) is 9.97 Å². The van der Waals surface area contributed by atoms with Crippen LogP contribution in [0.5, 0.6) is 0 Å². The summed E-state index contributed by atoms with van der Waals surface area (Å²) in [6, 6.07) is 5.51. The SMILES string of the molecule is Cc1ncc(S(=O)(=O)N(C)C(C)c2ccccc2F)[nH]1. The molecule has 1 aromatic heterocycles. The number of sulfonamides is 1. The molecule has 0 fully saturated rings. The van der Waals surface area contributed by atoms with E-state index in [1.807, 2.05) is 0 Å². The fourth-order valence-corrected chi connectivity index (χ4v) is 3.21. The highest BCUT2D eigenvalue weighted by Gasteiger charge is 2.28. The number of aryl methyl sites for hydroxylation is 1. The van der Waals surface area contributed by atoms with Crippen molar-refractivity contribution < 1.29 is 12.8 Å². The Bertz CT molecular complexity index is 712. The van der Waals surface area contributed by atoms with Gasteiger partial charge < -0.3 is 4.98 Å². The topological polar surface area (TPSA) is 66.1 Å². The van der Waals surface area contributed by atoms with E-state index in [9.17, 15) is 12.8 Å². The van der Waals surface area contributed by atoms with Crippen LogP contribution in [-0.2, 0) is 10.0 Å². The smallest absolute Gasteiger partial charge is 0.260 e. The molecule has 0 amide bonds. The van der Waals surface area contributed by atoms with Gasteiger partial charge in [0.25, 0.3) is 10.0 Å². The molecule has 1 unspecified atom stereocenters. The van der Waals surface area contributed by atoms with Gasteiger partial charge in [-0.1, -0.05) is 18.2 Å². The predicted molar refractivity (Wildman–Crippen MR) is 73.1 cm³/mol. The molecule has 0 radical (unpaired) electrons. The molecule has 0 bridgehead atoms. The largest absolute Gasteiger partial charge is 0.332 e. The number of rotatable bonds is 4. The zero-order chi connectivity index (χ0) is 14.9. The van der Waals surface area contributed by atoms with Crippen LogP contribution in [0.3, 0.4) is 0 Å². The minimum absolute atomic E-state index is 0.000638. The van der Waals surface area contributed by atoms with E-state index in [0.29, 0.717) is 11.4 Å². The second-order valence-electron chi connectivity index (χ2n) is 4.55. The van der Waals surface area contributed by atoms with Gasteiger partial charge in [0, 0.05) is 18.7 Å². The molecule has 1 aromatic carbocycles. The van der Waals surface area contributed by atoms with E-state index in [0.717, 1.165) is 4.31 Å². The van der Waals surface area contributed by atoms with Crippen molar-refractivity contribution in [2.24, 2.45) is 0 Å². The van der Waals surface area contributed by atoms with Crippen molar-refractivity contribution in [3.05, 3.63) is 47.7 Å². The Morgan fingerprint density at radius 3 is 2.55 bits per heavy atom. The fourth-order valence-electron chi connectivity index (χ4n) is 1.90. The maximum atomic E-state index is 13.8. The Hall–Kier alpha value is -1.73. The third kappa shape index (κ3) is 2.59. The van der Waals surface area contributed by atoms with Crippen LogP contribution < -0.4 is 0 Å². The van der Waals surface area contributed by atoms with Crippen LogP contribution in [-0.4, -0.2) is 29.7 Å². The maximum absolute atomic E-state index is 13.8. The molecule has 108 valence electrons. The molecule has 2 rings (SSSR count). The van der Waals surface area contributed by atoms with E-state index in [1.54, 1.807) is 32.0 Å². The Morgan fingerprint density at radius 2 is 2.00 bits per heavy atom. The third-order valence-corrected chi connectivity index (χ3v) is 5.08. The molecule has 0 saturated heterocycles. The summed E-state index contributed by atoms with van der Waals surface area (Å²) >= 11 is 0. The Kier molecular flexibility index (Phi) is 3.92. The highest BCUT2D eigenvalue weighted by Crippen LogP contribution is 2.26. The van der Waals surface area contributed by atoms with Crippen LogP contribution in [0.1, 0.15) is 24.4 Å². The summed E-state index contributed by atoms with van der Waals surface area (Å²) < 4.78 is 39.7. The lowest BCUT2D eigenvalue weighted by molar-refractivity contribution is 0.386. The first kappa shape index (κ1) is 14.7. The summed E-state index contributed by atoms with van der Waals surface area (Å²) in [6.07, 6.45) is 1.26. The average molecular weight is 297 g/mol. The molecular weight excluding hydrogens is 281 g/mol. The summed E-state index contributed by atoms with van der Waals surface area (Å²) in [7, 11) is -2.31. The van der Waals surface area contributed by atoms with Gasteiger partial charge in [-0.15, -0.1) is 0 Å². The molecule has 0 aliphatic heterocycles. The highest BCUT2D eigenvalue weighted by molar-refractivity contribution is 7.89. The van der Waals surface area contributed by atoms with E-state index in [-0.39, 0.29) is 5.03 Å². The molecule has 0 aliphatic rings. The van der Waals surface area contributed by atoms with Gasteiger partial charge in [0.1, 0.15) is 11.6 Å². The molecule has 1 heterocycles. The first-order chi connectivity index (χ1) is 9.34. The van der Waals surface area contributed by atoms with Crippen LogP contribution in [0.25, 0.3) is 0 Å². The van der Waals surface area contributed by atoms with Crippen molar-refractivity contribution >= 4 is 10.0 Å². The molecule has 5 nitrogen and oxygen atoms in total. The zero-order valence-electron chi connectivity index (χ0n) is 11.5. The van der Waals surface area contributed by atoms with Crippen molar-refractivity contribution in [1.29, 1.82) is 0 Å². The van der Waals surface area contributed by atoms with Crippen molar-refractivity contribution in [3.8, 4) is 0 Å². The second kappa shape index (κ2) is 5.34. The summed E-state index contributed by atoms with van der Waals surface area (Å²) in [4.78, 5) is 6.56. The second-order valence-corrected chi connectivity index (χ2v) is 6.52. The molecule has 0 aliphatic carbocycles. The Morgan fingerprint density at radius 1 is 1.35 bits per heavy atom. The standard InChI is InChI=1S/C13H16FN3O2S/c1-9(11-6-4-5-7-12(11)14)17(3)20(18,19)13-8-15-10(2)16-13/h4-9H,1-3H3,(H,15,16). The predicted octanol–water partition coefficient (Wildman–Crippen LogP) is 2.24. The first-order valence-corrected chi connectivity index (χ1v) is 7.52. The molecule has 1 N–H and O–H groups in total. The molecular formula is C13H16FN3O2S. The lowest BCUT2D eigenvalue weighted by Crippen LogP contribution is -2.30. The summed E-state index contributed by atoms with van der Waals surface area (Å²) in [5.41, 5.74) is 0.329. The third-order valence-electron chi connectivity index (χ3n) is 3.24. The van der Waals surface area contributed by atoms with Gasteiger partial charge in [0.2, 0.25) is 0 Å². The van der Waals surface area contributed by atoms with Gasteiger partial charge >= 0.3 is 0 Å². The number of nitrogens with one attached hydrogen (secondary N) is 1. The normalized spacial score (nSPS) is 13.7. The van der Waals surface area contributed by atoms with Crippen LogP contribution >= 0.6 is 0 Å². The number of hydrogen-bond acceptors (Lipinski definition) is 3. The molecule has 0 spiro atoms. The van der Waals surface area contributed by atoms with Gasteiger partial charge in [-0.3, -0.25) is 0 Å². The number of hydrogen-bond donors (Lipinski definition) is 1. The number of aromatic amines is 1. The Labute approximate surface area is 117 Å². The van der Waals surface area contributed by atoms with Crippen LogP contribution in [0.2, 0.25) is 0 Å². The number of nitrogens with zero attached hydrogens (tertiary/aromatic N) is 2. The van der Waals surface area contributed by atoms with Gasteiger partial charge in [0.15, 0.2) is 5.03 Å². The van der Waals surface area contributed by atoms with E-state index >= 15 is 0 Å². The number of imidazole rings is 1. The van der Waals surface area contributed by atoms with Crippen molar-refractivity contribution in [2.75, 3.05) is 7.05 Å². The fraction of sp³-hybridized carbons (Fsp3) is 0.308. The van der Waals surface area contributed by atoms with Crippen molar-refractivity contribution in [3.63, 3.8) is 0 Å². The molecule has 0 saturated carbocycles. The highest BCUT2D eigenvalue weighted by atomic mass is 32.2. The number of H-pyrrole nitrogens is 1. The lowest BCUT2D eigenvalue weighted by atomic mass is 10.1. The van der Waals surface area contributed by atoms with Crippen LogP contribution in [0.4, 0.5) is 4.39 Å². The van der Waals surface area contributed by atoms with Crippen LogP contribution in [0.15, 0.2) is 35.5 Å². The summed E-state index contributed by atoms with van der Waals surface area (Å²) in [5, 5.41) is 0.000638. The summed E-state index contributed by atoms with van der Waals surface area (Å²) in [6.45, 7) is 3.30. The maximum Gasteiger partial charge on any atom is 0.260 e. The minimum atomic E-state index is -3.73. The quantitative estimate of drug-likeness (QED) is 0.941. The van der Waals surface area contributed by atoms with Crippen molar-refractivity contribution in [1.82, 2.24) is 14.3 Å². The number of benzene rings is 1. The summed E-state index contributed by atoms with van der Waals surface area (Å²) in [5.74, 6) is 0.0818. The van der Waals surface area contributed by atoms with Gasteiger partial charge in [-0.05, 0) is 19.9 Å². The monoisotopic (exact) mass is 297 g/mol. The van der Waals surface area contributed by atoms with Crippen LogP contribution in [0, 0.1) is 12.7 Å². The first-order valence-electron chi connectivity index (χ1n) is 6.08.